The van der Waals surface area contributed by atoms with Crippen LogP contribution >= 0.6 is 0 Å². The number of aliphatic imine (C=N–C) groups is 1. The molecule has 24 heavy (non-hydrogen) atoms. The molecule has 0 heterocycles. The van der Waals surface area contributed by atoms with Crippen LogP contribution in [0.2, 0.25) is 0 Å². The molecule has 3 heteroatoms. The van der Waals surface area contributed by atoms with Crippen molar-refractivity contribution < 1.29 is 5.11 Å². The molecule has 122 valence electrons. The average molecular weight is 318 g/mol. The van der Waals surface area contributed by atoms with Gasteiger partial charge in [-0.1, -0.05) is 55.1 Å². The van der Waals surface area contributed by atoms with Gasteiger partial charge in [0.2, 0.25) is 0 Å². The summed E-state index contributed by atoms with van der Waals surface area (Å²) >= 11 is 0. The number of aliphatic hydroxyl groups is 1. The van der Waals surface area contributed by atoms with E-state index in [2.05, 4.69) is 24.2 Å². The summed E-state index contributed by atoms with van der Waals surface area (Å²) in [5, 5.41) is 18.3. The van der Waals surface area contributed by atoms with E-state index < -0.39 is 0 Å². The molecule has 2 rings (SSSR count). The summed E-state index contributed by atoms with van der Waals surface area (Å²) in [5.41, 5.74) is 4.55. The van der Waals surface area contributed by atoms with Crippen molar-refractivity contribution in [3.8, 4) is 6.07 Å². The molecule has 0 amide bonds. The van der Waals surface area contributed by atoms with Gasteiger partial charge in [-0.05, 0) is 29.5 Å². The third-order valence-electron chi connectivity index (χ3n) is 3.55. The van der Waals surface area contributed by atoms with Crippen molar-refractivity contribution in [2.24, 2.45) is 4.99 Å². The fourth-order valence-electron chi connectivity index (χ4n) is 2.56. The van der Waals surface area contributed by atoms with E-state index >= 15 is 0 Å². The van der Waals surface area contributed by atoms with E-state index in [1.807, 2.05) is 49.5 Å². The molecule has 0 saturated carbocycles. The molecule has 2 aromatic carbocycles. The maximum atomic E-state index is 9.29. The van der Waals surface area contributed by atoms with Gasteiger partial charge in [-0.3, -0.25) is 4.99 Å². The zero-order valence-electron chi connectivity index (χ0n) is 14.4. The Morgan fingerprint density at radius 1 is 1.17 bits per heavy atom. The van der Waals surface area contributed by atoms with Gasteiger partial charge in [0.05, 0.1) is 11.6 Å². The van der Waals surface area contributed by atoms with Crippen molar-refractivity contribution in [1.29, 1.82) is 5.26 Å². The van der Waals surface area contributed by atoms with Crippen LogP contribution in [0.3, 0.4) is 0 Å². The van der Waals surface area contributed by atoms with E-state index in [-0.39, 0.29) is 0 Å². The van der Waals surface area contributed by atoms with Gasteiger partial charge in [-0.25, -0.2) is 0 Å². The lowest BCUT2D eigenvalue weighted by Gasteiger charge is -2.13. The van der Waals surface area contributed by atoms with Gasteiger partial charge in [-0.15, -0.1) is 0 Å². The summed E-state index contributed by atoms with van der Waals surface area (Å²) in [6.07, 6.45) is 3.62. The molecule has 3 nitrogen and oxygen atoms in total. The first-order chi connectivity index (χ1) is 11.6. The minimum absolute atomic E-state index is 0.669. The van der Waals surface area contributed by atoms with Crippen LogP contribution in [-0.2, 0) is 0 Å². The number of nitriles is 1. The highest BCUT2D eigenvalue weighted by Gasteiger charge is 2.11. The number of rotatable bonds is 4. The molecule has 0 radical (unpaired) electrons. The fourth-order valence-corrected chi connectivity index (χ4v) is 2.56. The zero-order valence-corrected chi connectivity index (χ0v) is 14.4. The maximum Gasteiger partial charge on any atom is 0.0998 e. The van der Waals surface area contributed by atoms with Crippen LogP contribution in [0.5, 0.6) is 0 Å². The Balaban J connectivity index is 0.00000139. The number of hydrogen-bond acceptors (Lipinski definition) is 3. The highest BCUT2D eigenvalue weighted by atomic mass is 16.2. The molecule has 0 saturated heterocycles. The van der Waals surface area contributed by atoms with E-state index in [1.54, 1.807) is 13.1 Å². The minimum atomic E-state index is 0.669. The van der Waals surface area contributed by atoms with Crippen molar-refractivity contribution >= 4 is 22.6 Å². The van der Waals surface area contributed by atoms with Crippen LogP contribution < -0.4 is 0 Å². The molecule has 0 aromatic heterocycles. The van der Waals surface area contributed by atoms with Gasteiger partial charge in [-0.2, -0.15) is 5.26 Å². The van der Waals surface area contributed by atoms with E-state index in [1.165, 1.54) is 0 Å². The van der Waals surface area contributed by atoms with E-state index in [0.29, 0.717) is 5.56 Å². The molecule has 0 aliphatic carbocycles. The Hall–Kier alpha value is -2.96. The average Bonchev–Trinajstić information content (AvgIpc) is 2.62. The number of allylic oxidation sites excluding steroid dienone is 4. The Morgan fingerprint density at radius 2 is 1.79 bits per heavy atom. The third kappa shape index (κ3) is 3.87. The lowest BCUT2D eigenvalue weighted by atomic mass is 9.91. The zero-order chi connectivity index (χ0) is 18.1. The third-order valence-corrected chi connectivity index (χ3v) is 3.55. The van der Waals surface area contributed by atoms with Crippen LogP contribution in [0.1, 0.15) is 18.1 Å². The normalized spacial score (nSPS) is 11.3. The Bertz CT molecular complexity index is 852. The quantitative estimate of drug-likeness (QED) is 0.665. The fraction of sp³-hybridized carbons (Fsp3) is 0.143. The molecule has 0 bridgehead atoms. The highest BCUT2D eigenvalue weighted by Crippen LogP contribution is 2.30. The molecule has 0 aliphatic heterocycles. The van der Waals surface area contributed by atoms with E-state index in [0.717, 1.165) is 40.2 Å². The van der Waals surface area contributed by atoms with Crippen LogP contribution in [0.15, 0.2) is 71.8 Å². The molecule has 2 aromatic rings. The first kappa shape index (κ1) is 19.1. The monoisotopic (exact) mass is 318 g/mol. The Kier molecular flexibility index (Phi) is 7.35. The molecule has 0 spiro atoms. The van der Waals surface area contributed by atoms with Gasteiger partial charge in [0.25, 0.3) is 0 Å². The highest BCUT2D eigenvalue weighted by molar-refractivity contribution is 6.17. The van der Waals surface area contributed by atoms with Crippen LogP contribution in [0, 0.1) is 11.3 Å². The second kappa shape index (κ2) is 9.24. The van der Waals surface area contributed by atoms with Gasteiger partial charge in [0, 0.05) is 31.3 Å². The van der Waals surface area contributed by atoms with Crippen molar-refractivity contribution in [3.05, 3.63) is 77.9 Å². The van der Waals surface area contributed by atoms with Crippen molar-refractivity contribution in [2.45, 2.75) is 6.92 Å². The van der Waals surface area contributed by atoms with Gasteiger partial charge in [0.15, 0.2) is 0 Å². The van der Waals surface area contributed by atoms with Crippen molar-refractivity contribution in [3.63, 3.8) is 0 Å². The van der Waals surface area contributed by atoms with E-state index in [4.69, 9.17) is 5.11 Å². The van der Waals surface area contributed by atoms with E-state index in [9.17, 15) is 5.26 Å². The second-order valence-electron chi connectivity index (χ2n) is 5.02. The number of benzene rings is 2. The number of aliphatic hydroxyl groups excluding tert-OH is 1. The second-order valence-corrected chi connectivity index (χ2v) is 5.02. The first-order valence-corrected chi connectivity index (χ1v) is 7.45. The predicted octanol–water partition coefficient (Wildman–Crippen LogP) is 4.54. The molecule has 0 aliphatic rings. The molecule has 0 fully saturated rings. The van der Waals surface area contributed by atoms with Gasteiger partial charge < -0.3 is 5.11 Å². The van der Waals surface area contributed by atoms with Gasteiger partial charge >= 0.3 is 0 Å². The summed E-state index contributed by atoms with van der Waals surface area (Å²) in [5.74, 6) is 0. The summed E-state index contributed by atoms with van der Waals surface area (Å²) in [7, 11) is 2.74. The van der Waals surface area contributed by atoms with Crippen LogP contribution in [-0.4, -0.2) is 25.5 Å². The van der Waals surface area contributed by atoms with Gasteiger partial charge in [0.1, 0.15) is 0 Å². The SMILES string of the molecule is C=C/C(C(=C)C)=C(/C=NC)c1ccc(C#N)c2ccccc12.CO. The van der Waals surface area contributed by atoms with Crippen LogP contribution in [0.25, 0.3) is 16.3 Å². The number of nitrogens with zero attached hydrogens (tertiary/aromatic N) is 2. The largest absolute Gasteiger partial charge is 0.400 e. The summed E-state index contributed by atoms with van der Waals surface area (Å²) in [6, 6.07) is 14.0. The lowest BCUT2D eigenvalue weighted by molar-refractivity contribution is 0.399. The van der Waals surface area contributed by atoms with Crippen molar-refractivity contribution in [2.75, 3.05) is 14.2 Å². The smallest absolute Gasteiger partial charge is 0.0998 e. The lowest BCUT2D eigenvalue weighted by Crippen LogP contribution is -1.96. The molecule has 0 atom stereocenters. The standard InChI is InChI=1S/C20H18N2.CH4O/c1-5-16(14(2)3)20(13-22-4)19-11-10-15(12-21)17-8-6-7-9-18(17)19;1-2/h5-11,13H,1-2H2,3-4H3;2H,1H3/b20-16+,22-13?;. The van der Waals surface area contributed by atoms with Crippen molar-refractivity contribution in [1.82, 2.24) is 0 Å². The Morgan fingerprint density at radius 3 is 2.29 bits per heavy atom. The summed E-state index contributed by atoms with van der Waals surface area (Å²) in [6.45, 7) is 9.87. The predicted molar refractivity (Wildman–Crippen MR) is 103 cm³/mol. The summed E-state index contributed by atoms with van der Waals surface area (Å²) in [4.78, 5) is 4.18. The molecule has 1 N–H and O–H groups in total. The molecular weight excluding hydrogens is 296 g/mol. The Labute approximate surface area is 143 Å². The number of hydrogen-bond donors (Lipinski definition) is 1. The van der Waals surface area contributed by atoms with Crippen LogP contribution in [0.4, 0.5) is 0 Å². The minimum Gasteiger partial charge on any atom is -0.400 e. The summed E-state index contributed by atoms with van der Waals surface area (Å²) < 4.78 is 0. The topological polar surface area (TPSA) is 56.4 Å². The number of fused-ring (bicyclic) bond motifs is 1. The maximum absolute atomic E-state index is 9.29. The first-order valence-electron chi connectivity index (χ1n) is 7.45. The molecular formula is C21H22N2O. The molecule has 0 unspecified atom stereocenters.